The summed E-state index contributed by atoms with van der Waals surface area (Å²) in [6.45, 7) is 3.92. The van der Waals surface area contributed by atoms with Crippen LogP contribution in [0.2, 0.25) is 0 Å². The van der Waals surface area contributed by atoms with Gasteiger partial charge < -0.3 is 24.7 Å². The van der Waals surface area contributed by atoms with E-state index in [0.717, 1.165) is 48.4 Å². The van der Waals surface area contributed by atoms with Crippen LogP contribution in [-0.2, 0) is 24.9 Å². The number of rotatable bonds is 6. The normalized spacial score (nSPS) is 20.7. The highest BCUT2D eigenvalue weighted by Crippen LogP contribution is 2.39. The van der Waals surface area contributed by atoms with Gasteiger partial charge in [0.25, 0.3) is 0 Å². The van der Waals surface area contributed by atoms with Gasteiger partial charge in [-0.25, -0.2) is 4.99 Å². The molecule has 1 aliphatic heterocycles. The topological polar surface area (TPSA) is 85.6 Å². The van der Waals surface area contributed by atoms with Crippen molar-refractivity contribution < 1.29 is 9.47 Å². The van der Waals surface area contributed by atoms with Gasteiger partial charge in [0.05, 0.1) is 25.8 Å². The summed E-state index contributed by atoms with van der Waals surface area (Å²) in [5.74, 6) is 3.44. The Bertz CT molecular complexity index is 886. The van der Waals surface area contributed by atoms with E-state index in [1.807, 2.05) is 42.8 Å². The molecule has 0 bridgehead atoms. The van der Waals surface area contributed by atoms with Gasteiger partial charge in [-0.1, -0.05) is 25.0 Å². The van der Waals surface area contributed by atoms with E-state index >= 15 is 0 Å². The number of ether oxygens (including phenoxy) is 2. The summed E-state index contributed by atoms with van der Waals surface area (Å²) >= 11 is 0. The van der Waals surface area contributed by atoms with Crippen LogP contribution in [0.4, 0.5) is 0 Å². The molecule has 1 saturated heterocycles. The Morgan fingerprint density at radius 2 is 2.03 bits per heavy atom. The maximum Gasteiger partial charge on any atom is 0.192 e. The van der Waals surface area contributed by atoms with Crippen LogP contribution in [-0.4, -0.2) is 46.1 Å². The number of methoxy groups -OCH3 is 1. The van der Waals surface area contributed by atoms with Crippen LogP contribution in [0.25, 0.3) is 0 Å². The van der Waals surface area contributed by atoms with Crippen molar-refractivity contribution in [2.45, 2.75) is 70.2 Å². The van der Waals surface area contributed by atoms with E-state index in [9.17, 15) is 0 Å². The third kappa shape index (κ3) is 5.36. The molecule has 2 N–H and O–H groups in total. The summed E-state index contributed by atoms with van der Waals surface area (Å²) in [7, 11) is 3.66. The lowest BCUT2D eigenvalue weighted by Gasteiger charge is -2.39. The number of guanidine groups is 1. The Hall–Kier alpha value is -2.61. The molecule has 1 aliphatic carbocycles. The number of hydrogen-bond acceptors (Lipinski definition) is 5. The zero-order chi connectivity index (χ0) is 21.7. The first-order valence-electron chi connectivity index (χ1n) is 11.2. The number of aryl methyl sites for hydroxylation is 1. The average Bonchev–Trinajstić information content (AvgIpc) is 3.37. The summed E-state index contributed by atoms with van der Waals surface area (Å²) in [6.07, 6.45) is 6.93. The Labute approximate surface area is 184 Å². The van der Waals surface area contributed by atoms with Gasteiger partial charge in [0.15, 0.2) is 11.8 Å². The van der Waals surface area contributed by atoms with E-state index in [-0.39, 0.29) is 5.60 Å². The molecule has 1 aromatic carbocycles. The summed E-state index contributed by atoms with van der Waals surface area (Å²) in [4.78, 5) is 4.87. The van der Waals surface area contributed by atoms with Crippen molar-refractivity contribution in [2.75, 3.05) is 13.7 Å². The van der Waals surface area contributed by atoms with Crippen LogP contribution in [0.5, 0.6) is 5.75 Å². The number of nitrogens with zero attached hydrogens (tertiary/aromatic N) is 4. The van der Waals surface area contributed by atoms with Crippen molar-refractivity contribution in [3.63, 3.8) is 0 Å². The summed E-state index contributed by atoms with van der Waals surface area (Å²) in [5.41, 5.74) is 1.20. The molecule has 1 aromatic heterocycles. The molecule has 1 atom stereocenters. The summed E-state index contributed by atoms with van der Waals surface area (Å²) in [6, 6.07) is 8.39. The van der Waals surface area contributed by atoms with Crippen LogP contribution in [0.3, 0.4) is 0 Å². The predicted molar refractivity (Wildman–Crippen MR) is 120 cm³/mol. The molecule has 1 unspecified atom stereocenters. The minimum Gasteiger partial charge on any atom is -0.497 e. The highest BCUT2D eigenvalue weighted by molar-refractivity contribution is 5.80. The van der Waals surface area contributed by atoms with Crippen LogP contribution in [0.15, 0.2) is 29.3 Å². The van der Waals surface area contributed by atoms with Crippen molar-refractivity contribution in [1.29, 1.82) is 0 Å². The molecule has 2 fully saturated rings. The largest absolute Gasteiger partial charge is 0.497 e. The number of nitrogens with one attached hydrogen (secondary N) is 2. The first kappa shape index (κ1) is 21.6. The average molecular weight is 427 g/mol. The molecule has 8 heteroatoms. The molecule has 8 nitrogen and oxygen atoms in total. The Balaban J connectivity index is 1.44. The zero-order valence-corrected chi connectivity index (χ0v) is 18.9. The first-order chi connectivity index (χ1) is 15.1. The molecule has 2 aliphatic rings. The lowest BCUT2D eigenvalue weighted by atomic mass is 9.89. The van der Waals surface area contributed by atoms with Gasteiger partial charge in [-0.05, 0) is 50.3 Å². The smallest absolute Gasteiger partial charge is 0.192 e. The van der Waals surface area contributed by atoms with E-state index < -0.39 is 0 Å². The number of hydrogen-bond donors (Lipinski definition) is 2. The molecule has 1 spiro atoms. The highest BCUT2D eigenvalue weighted by Gasteiger charge is 2.40. The number of benzene rings is 1. The van der Waals surface area contributed by atoms with Crippen LogP contribution in [0, 0.1) is 6.92 Å². The van der Waals surface area contributed by atoms with Crippen molar-refractivity contribution in [3.8, 4) is 5.75 Å². The first-order valence-corrected chi connectivity index (χ1v) is 11.2. The van der Waals surface area contributed by atoms with Gasteiger partial charge in [-0.15, -0.1) is 10.2 Å². The zero-order valence-electron chi connectivity index (χ0n) is 18.9. The maximum atomic E-state index is 6.20. The third-order valence-corrected chi connectivity index (χ3v) is 6.52. The SMILES string of the molecule is COc1ccc(CN=C(NCc2nnc(C)n2C)NC2CCOC3(CCCC3)C2)cc1. The molecule has 31 heavy (non-hydrogen) atoms. The van der Waals surface area contributed by atoms with Crippen molar-refractivity contribution in [1.82, 2.24) is 25.4 Å². The Kier molecular flexibility index (Phi) is 6.75. The van der Waals surface area contributed by atoms with Gasteiger partial charge in [0, 0.05) is 19.7 Å². The van der Waals surface area contributed by atoms with Gasteiger partial charge in [0.2, 0.25) is 0 Å². The van der Waals surface area contributed by atoms with Crippen LogP contribution < -0.4 is 15.4 Å². The third-order valence-electron chi connectivity index (χ3n) is 6.52. The van der Waals surface area contributed by atoms with Crippen molar-refractivity contribution in [3.05, 3.63) is 41.5 Å². The maximum absolute atomic E-state index is 6.20. The van der Waals surface area contributed by atoms with Gasteiger partial charge in [-0.3, -0.25) is 0 Å². The fourth-order valence-electron chi connectivity index (χ4n) is 4.53. The molecule has 0 amide bonds. The van der Waals surface area contributed by atoms with Crippen molar-refractivity contribution in [2.24, 2.45) is 12.0 Å². The standard InChI is InChI=1S/C23H34N6O2/c1-17-27-28-21(29(17)2)16-25-22(24-15-18-6-8-20(30-3)9-7-18)26-19-10-13-31-23(14-19)11-4-5-12-23/h6-9,19H,4-5,10-16H2,1-3H3,(H2,24,25,26). The molecular formula is C23H34N6O2. The predicted octanol–water partition coefficient (Wildman–Crippen LogP) is 2.86. The minimum absolute atomic E-state index is 0.0672. The van der Waals surface area contributed by atoms with E-state index in [0.29, 0.717) is 19.1 Å². The van der Waals surface area contributed by atoms with E-state index in [4.69, 9.17) is 14.5 Å². The number of aromatic nitrogens is 3. The van der Waals surface area contributed by atoms with Gasteiger partial charge in [-0.2, -0.15) is 0 Å². The second-order valence-corrected chi connectivity index (χ2v) is 8.66. The number of aliphatic imine (C=N–C) groups is 1. The molecule has 0 radical (unpaired) electrons. The molecule has 4 rings (SSSR count). The second kappa shape index (κ2) is 9.68. The van der Waals surface area contributed by atoms with E-state index in [1.54, 1.807) is 7.11 Å². The Morgan fingerprint density at radius 1 is 1.26 bits per heavy atom. The molecule has 168 valence electrons. The lowest BCUT2D eigenvalue weighted by molar-refractivity contribution is -0.0815. The van der Waals surface area contributed by atoms with Crippen LogP contribution in [0.1, 0.15) is 55.7 Å². The molecule has 2 heterocycles. The fraction of sp³-hybridized carbons (Fsp3) is 0.609. The van der Waals surface area contributed by atoms with Gasteiger partial charge >= 0.3 is 0 Å². The van der Waals surface area contributed by atoms with Gasteiger partial charge in [0.1, 0.15) is 11.6 Å². The summed E-state index contributed by atoms with van der Waals surface area (Å²) in [5, 5.41) is 15.5. The monoisotopic (exact) mass is 426 g/mol. The quantitative estimate of drug-likeness (QED) is 0.546. The van der Waals surface area contributed by atoms with Crippen LogP contribution >= 0.6 is 0 Å². The fourth-order valence-corrected chi connectivity index (χ4v) is 4.53. The second-order valence-electron chi connectivity index (χ2n) is 8.66. The highest BCUT2D eigenvalue weighted by atomic mass is 16.5. The minimum atomic E-state index is 0.0672. The molecule has 1 saturated carbocycles. The molecular weight excluding hydrogens is 392 g/mol. The molecule has 2 aromatic rings. The van der Waals surface area contributed by atoms with E-state index in [2.05, 4.69) is 20.8 Å². The van der Waals surface area contributed by atoms with E-state index in [1.165, 1.54) is 25.7 Å². The lowest BCUT2D eigenvalue weighted by Crippen LogP contribution is -2.50. The Morgan fingerprint density at radius 3 is 2.71 bits per heavy atom. The summed E-state index contributed by atoms with van der Waals surface area (Å²) < 4.78 is 13.5. The van der Waals surface area contributed by atoms with Crippen molar-refractivity contribution >= 4 is 5.96 Å².